The molecule has 0 amide bonds. The normalized spacial score (nSPS) is 12.0. The molecule has 0 unspecified atom stereocenters. The molecule has 7 heteroatoms. The molecule has 21 heavy (non-hydrogen) atoms. The number of ketones is 1. The zero-order valence-corrected chi connectivity index (χ0v) is 12.5. The maximum absolute atomic E-state index is 11.8. The third-order valence-corrected chi connectivity index (χ3v) is 2.16. The molecule has 7 nitrogen and oxygen atoms in total. The Morgan fingerprint density at radius 3 is 2.52 bits per heavy atom. The number of Topliss-reactive ketones (excluding diaryl/α,β-unsaturated/α-hetero) is 1. The number of aliphatic hydroxyl groups excluding tert-OH is 1. The lowest BCUT2D eigenvalue weighted by molar-refractivity contribution is -0.152. The van der Waals surface area contributed by atoms with Crippen molar-refractivity contribution in [2.24, 2.45) is 0 Å². The molecular weight excluding hydrogens is 276 g/mol. The van der Waals surface area contributed by atoms with E-state index in [0.29, 0.717) is 0 Å². The summed E-state index contributed by atoms with van der Waals surface area (Å²) < 4.78 is 9.85. The molecule has 0 aliphatic heterocycles. The second-order valence-corrected chi connectivity index (χ2v) is 5.29. The molecule has 0 rings (SSSR count). The van der Waals surface area contributed by atoms with Gasteiger partial charge in [0.15, 0.2) is 0 Å². The van der Waals surface area contributed by atoms with Gasteiger partial charge in [-0.15, -0.1) is 6.42 Å². The number of terminal acetylenes is 1. The van der Waals surface area contributed by atoms with Gasteiger partial charge in [-0.25, -0.2) is 4.79 Å². The van der Waals surface area contributed by atoms with Crippen LogP contribution in [0.3, 0.4) is 0 Å². The average molecular weight is 296 g/mol. The fraction of sp³-hybridized carbons (Fsp3) is 0.643. The van der Waals surface area contributed by atoms with Crippen molar-refractivity contribution in [3.8, 4) is 12.3 Å². The SMILES string of the molecule is C#CCOC[C@@H](O)CCC(=O)C(=[N+]=[N-])C(=O)OC(C)(C)C. The van der Waals surface area contributed by atoms with Gasteiger partial charge in [-0.05, 0) is 27.2 Å². The summed E-state index contributed by atoms with van der Waals surface area (Å²) in [6, 6.07) is 0. The number of rotatable bonds is 8. The van der Waals surface area contributed by atoms with Crippen molar-refractivity contribution < 1.29 is 29.0 Å². The van der Waals surface area contributed by atoms with E-state index < -0.39 is 29.2 Å². The first-order valence-electron chi connectivity index (χ1n) is 6.39. The number of esters is 1. The second-order valence-electron chi connectivity index (χ2n) is 5.29. The van der Waals surface area contributed by atoms with E-state index in [1.165, 1.54) is 0 Å². The van der Waals surface area contributed by atoms with Crippen LogP contribution >= 0.6 is 0 Å². The molecular formula is C14H20N2O5. The van der Waals surface area contributed by atoms with Crippen LogP contribution in [0.2, 0.25) is 0 Å². The van der Waals surface area contributed by atoms with E-state index in [4.69, 9.17) is 21.4 Å². The van der Waals surface area contributed by atoms with E-state index in [1.807, 2.05) is 0 Å². The van der Waals surface area contributed by atoms with Gasteiger partial charge in [0.25, 0.3) is 5.78 Å². The van der Waals surface area contributed by atoms with Gasteiger partial charge >= 0.3 is 11.7 Å². The Kier molecular flexibility index (Phi) is 8.17. The Balaban J connectivity index is 4.40. The highest BCUT2D eigenvalue weighted by molar-refractivity contribution is 6.62. The van der Waals surface area contributed by atoms with E-state index >= 15 is 0 Å². The molecule has 0 aromatic heterocycles. The first kappa shape index (κ1) is 19.0. The lowest BCUT2D eigenvalue weighted by Gasteiger charge is -2.17. The van der Waals surface area contributed by atoms with Crippen LogP contribution in [-0.4, -0.2) is 52.3 Å². The second kappa shape index (κ2) is 9.03. The number of hydrogen-bond donors (Lipinski definition) is 1. The van der Waals surface area contributed by atoms with Crippen LogP contribution in [-0.2, 0) is 19.1 Å². The number of ether oxygens (including phenoxy) is 2. The highest BCUT2D eigenvalue weighted by atomic mass is 16.6. The summed E-state index contributed by atoms with van der Waals surface area (Å²) in [6.45, 7) is 4.91. The van der Waals surface area contributed by atoms with Crippen LogP contribution in [0.25, 0.3) is 5.53 Å². The maximum Gasteiger partial charge on any atom is 0.441 e. The molecule has 0 spiro atoms. The summed E-state index contributed by atoms with van der Waals surface area (Å²) >= 11 is 0. The van der Waals surface area contributed by atoms with Crippen molar-refractivity contribution >= 4 is 17.5 Å². The Morgan fingerprint density at radius 2 is 2.05 bits per heavy atom. The van der Waals surface area contributed by atoms with Crippen LogP contribution in [0.4, 0.5) is 0 Å². The van der Waals surface area contributed by atoms with Gasteiger partial charge in [0, 0.05) is 6.42 Å². The zero-order chi connectivity index (χ0) is 16.5. The minimum atomic E-state index is -1.01. The van der Waals surface area contributed by atoms with Crippen molar-refractivity contribution in [1.82, 2.24) is 0 Å². The maximum atomic E-state index is 11.8. The lowest BCUT2D eigenvalue weighted by Crippen LogP contribution is -2.34. The summed E-state index contributed by atoms with van der Waals surface area (Å²) in [5, 5.41) is 9.54. The van der Waals surface area contributed by atoms with Crippen molar-refractivity contribution in [2.75, 3.05) is 13.2 Å². The zero-order valence-electron chi connectivity index (χ0n) is 12.5. The summed E-state index contributed by atoms with van der Waals surface area (Å²) in [7, 11) is 0. The lowest BCUT2D eigenvalue weighted by atomic mass is 10.1. The van der Waals surface area contributed by atoms with Crippen molar-refractivity contribution in [1.29, 1.82) is 0 Å². The molecule has 0 aromatic carbocycles. The smallest absolute Gasteiger partial charge is 0.441 e. The monoisotopic (exact) mass is 296 g/mol. The summed E-state index contributed by atoms with van der Waals surface area (Å²) in [4.78, 5) is 26.1. The number of nitrogens with zero attached hydrogens (tertiary/aromatic N) is 2. The molecule has 0 aliphatic carbocycles. The van der Waals surface area contributed by atoms with Crippen molar-refractivity contribution in [3.05, 3.63) is 5.53 Å². The molecule has 1 N–H and O–H groups in total. The molecule has 0 fully saturated rings. The highest BCUT2D eigenvalue weighted by Crippen LogP contribution is 2.08. The Hall–Kier alpha value is -2.00. The predicted octanol–water partition coefficient (Wildman–Crippen LogP) is 0.359. The number of hydrogen-bond acceptors (Lipinski definition) is 5. The standard InChI is InChI=1S/C14H20N2O5/c1-5-8-20-9-10(17)6-7-11(18)12(16-15)13(19)21-14(2,3)4/h1,10,17H,6-9H2,2-4H3/t10-/m0/s1. The molecule has 0 saturated carbocycles. The molecule has 0 saturated heterocycles. The first-order valence-corrected chi connectivity index (χ1v) is 6.39. The third-order valence-electron chi connectivity index (χ3n) is 2.16. The highest BCUT2D eigenvalue weighted by Gasteiger charge is 2.33. The molecule has 0 radical (unpaired) electrons. The van der Waals surface area contributed by atoms with Crippen LogP contribution in [0.5, 0.6) is 0 Å². The summed E-state index contributed by atoms with van der Waals surface area (Å²) in [5.74, 6) is 0.512. The van der Waals surface area contributed by atoms with Crippen LogP contribution in [0.15, 0.2) is 0 Å². The fourth-order valence-corrected chi connectivity index (χ4v) is 1.29. The largest absolute Gasteiger partial charge is 0.451 e. The van der Waals surface area contributed by atoms with Crippen molar-refractivity contribution in [3.63, 3.8) is 0 Å². The van der Waals surface area contributed by atoms with Crippen LogP contribution < -0.4 is 0 Å². The molecule has 0 aliphatic rings. The van der Waals surface area contributed by atoms with Gasteiger partial charge in [0.1, 0.15) is 12.2 Å². The Bertz CT molecular complexity index is 467. The number of carbonyl (C=O) groups excluding carboxylic acids is 2. The van der Waals surface area contributed by atoms with Gasteiger partial charge in [-0.2, -0.15) is 4.79 Å². The summed E-state index contributed by atoms with van der Waals surface area (Å²) in [5.41, 5.74) is 7.26. The molecule has 1 atom stereocenters. The fourth-order valence-electron chi connectivity index (χ4n) is 1.29. The van der Waals surface area contributed by atoms with Crippen LogP contribution in [0, 0.1) is 12.3 Å². The minimum absolute atomic E-state index is 0.0183. The first-order chi connectivity index (χ1) is 9.71. The van der Waals surface area contributed by atoms with Gasteiger partial charge in [0.05, 0.1) is 12.7 Å². The topological polar surface area (TPSA) is 109 Å². The van der Waals surface area contributed by atoms with E-state index in [-0.39, 0.29) is 26.1 Å². The molecule has 116 valence electrons. The van der Waals surface area contributed by atoms with Gasteiger partial charge in [-0.3, -0.25) is 4.79 Å². The summed E-state index contributed by atoms with van der Waals surface area (Å²) in [6.07, 6.45) is 3.94. The van der Waals surface area contributed by atoms with E-state index in [1.54, 1.807) is 20.8 Å². The number of aliphatic hydroxyl groups is 1. The average Bonchev–Trinajstić information content (AvgIpc) is 2.35. The van der Waals surface area contributed by atoms with Crippen LogP contribution in [0.1, 0.15) is 33.6 Å². The van der Waals surface area contributed by atoms with E-state index in [9.17, 15) is 14.7 Å². The molecule has 0 aromatic rings. The van der Waals surface area contributed by atoms with Crippen molar-refractivity contribution in [2.45, 2.75) is 45.3 Å². The Morgan fingerprint density at radius 1 is 1.43 bits per heavy atom. The predicted molar refractivity (Wildman–Crippen MR) is 74.4 cm³/mol. The van der Waals surface area contributed by atoms with Gasteiger partial charge in [0.2, 0.25) is 0 Å². The quantitative estimate of drug-likeness (QED) is 0.132. The van der Waals surface area contributed by atoms with E-state index in [2.05, 4.69) is 10.7 Å². The molecule has 0 bridgehead atoms. The third kappa shape index (κ3) is 8.71. The van der Waals surface area contributed by atoms with E-state index in [0.717, 1.165) is 0 Å². The molecule has 0 heterocycles. The van der Waals surface area contributed by atoms with Gasteiger partial charge < -0.3 is 20.1 Å². The van der Waals surface area contributed by atoms with Gasteiger partial charge in [-0.1, -0.05) is 5.92 Å². The Labute approximate surface area is 123 Å². The minimum Gasteiger partial charge on any atom is -0.451 e. The number of carbonyl (C=O) groups is 2.